The molecule has 0 aliphatic heterocycles. The highest BCUT2D eigenvalue weighted by atomic mass is 127. The summed E-state index contributed by atoms with van der Waals surface area (Å²) in [7, 11) is 0. The molecule has 1 N–H and O–H groups in total. The largest absolute Gasteiger partial charge is 0.328 e. The molecular formula is C8H5IN2O. The number of hydrogen-bond donors (Lipinski definition) is 1. The Morgan fingerprint density at radius 1 is 1.50 bits per heavy atom. The molecule has 0 saturated heterocycles. The molecule has 60 valence electrons. The summed E-state index contributed by atoms with van der Waals surface area (Å²) in [4.78, 5) is 17.9. The van der Waals surface area contributed by atoms with Gasteiger partial charge < -0.3 is 4.98 Å². The van der Waals surface area contributed by atoms with Crippen LogP contribution in [-0.2, 0) is 0 Å². The molecule has 0 aliphatic rings. The maximum atomic E-state index is 11.2. The van der Waals surface area contributed by atoms with E-state index in [-0.39, 0.29) is 5.56 Å². The van der Waals surface area contributed by atoms with Gasteiger partial charge in [-0.1, -0.05) is 0 Å². The molecule has 0 aromatic carbocycles. The molecule has 0 unspecified atom stereocenters. The van der Waals surface area contributed by atoms with Crippen LogP contribution in [0, 0.1) is 3.57 Å². The fourth-order valence-electron chi connectivity index (χ4n) is 1.04. The molecule has 2 rings (SSSR count). The van der Waals surface area contributed by atoms with Crippen LogP contribution >= 0.6 is 22.6 Å². The van der Waals surface area contributed by atoms with Gasteiger partial charge in [-0.15, -0.1) is 0 Å². The van der Waals surface area contributed by atoms with Crippen LogP contribution in [0.25, 0.3) is 10.9 Å². The van der Waals surface area contributed by atoms with Crippen molar-refractivity contribution in [2.24, 2.45) is 0 Å². The Morgan fingerprint density at radius 2 is 2.33 bits per heavy atom. The van der Waals surface area contributed by atoms with E-state index in [1.807, 2.05) is 6.07 Å². The molecule has 0 amide bonds. The molecule has 0 atom stereocenters. The number of nitrogens with zero attached hydrogens (tertiary/aromatic N) is 1. The highest BCUT2D eigenvalue weighted by molar-refractivity contribution is 14.1. The summed E-state index contributed by atoms with van der Waals surface area (Å²) in [6, 6.07) is 3.61. The number of aromatic nitrogens is 2. The normalized spacial score (nSPS) is 10.4. The second kappa shape index (κ2) is 2.85. The van der Waals surface area contributed by atoms with Gasteiger partial charge in [-0.3, -0.25) is 9.78 Å². The maximum Gasteiger partial charge on any atom is 0.257 e. The Labute approximate surface area is 82.0 Å². The van der Waals surface area contributed by atoms with E-state index < -0.39 is 0 Å². The standard InChI is InChI=1S/C8H5IN2O/c9-5-3-6-7(11-4-5)1-2-10-8(6)12/h1-4H,(H,10,12). The smallest absolute Gasteiger partial charge is 0.257 e. The number of nitrogens with one attached hydrogen (secondary N) is 1. The quantitative estimate of drug-likeness (QED) is 0.739. The van der Waals surface area contributed by atoms with Gasteiger partial charge >= 0.3 is 0 Å². The van der Waals surface area contributed by atoms with Crippen LogP contribution in [0.15, 0.2) is 29.3 Å². The molecule has 12 heavy (non-hydrogen) atoms. The lowest BCUT2D eigenvalue weighted by Gasteiger charge is -1.94. The van der Waals surface area contributed by atoms with Crippen LogP contribution < -0.4 is 5.56 Å². The second-order valence-corrected chi connectivity index (χ2v) is 3.64. The lowest BCUT2D eigenvalue weighted by atomic mass is 10.3. The van der Waals surface area contributed by atoms with Gasteiger partial charge in [-0.05, 0) is 34.7 Å². The number of halogens is 1. The Bertz CT molecular complexity index is 478. The van der Waals surface area contributed by atoms with Crippen LogP contribution in [0.5, 0.6) is 0 Å². The van der Waals surface area contributed by atoms with Crippen molar-refractivity contribution < 1.29 is 0 Å². The Hall–Kier alpha value is -0.910. The second-order valence-electron chi connectivity index (χ2n) is 2.39. The third-order valence-corrected chi connectivity index (χ3v) is 2.18. The fourth-order valence-corrected chi connectivity index (χ4v) is 1.49. The van der Waals surface area contributed by atoms with Gasteiger partial charge in [0.1, 0.15) is 0 Å². The first-order valence-corrected chi connectivity index (χ1v) is 4.48. The van der Waals surface area contributed by atoms with Crippen LogP contribution in [0.3, 0.4) is 0 Å². The van der Waals surface area contributed by atoms with Crippen molar-refractivity contribution in [3.8, 4) is 0 Å². The van der Waals surface area contributed by atoms with Gasteiger partial charge in [0.2, 0.25) is 0 Å². The highest BCUT2D eigenvalue weighted by Crippen LogP contribution is 2.09. The molecular weight excluding hydrogens is 267 g/mol. The Balaban J connectivity index is 2.98. The first-order valence-electron chi connectivity index (χ1n) is 3.40. The molecule has 0 saturated carbocycles. The average Bonchev–Trinajstić information content (AvgIpc) is 2.07. The third kappa shape index (κ3) is 1.22. The minimum atomic E-state index is -0.0847. The lowest BCUT2D eigenvalue weighted by Crippen LogP contribution is -2.05. The summed E-state index contributed by atoms with van der Waals surface area (Å²) in [6.45, 7) is 0. The number of H-pyrrole nitrogens is 1. The first-order chi connectivity index (χ1) is 5.77. The van der Waals surface area contributed by atoms with Crippen LogP contribution in [0.4, 0.5) is 0 Å². The van der Waals surface area contributed by atoms with E-state index in [0.717, 1.165) is 9.09 Å². The Morgan fingerprint density at radius 3 is 3.17 bits per heavy atom. The summed E-state index contributed by atoms with van der Waals surface area (Å²) in [5.74, 6) is 0. The summed E-state index contributed by atoms with van der Waals surface area (Å²) in [6.07, 6.45) is 3.34. The maximum absolute atomic E-state index is 11.2. The molecule has 0 aliphatic carbocycles. The molecule has 2 aromatic rings. The Kier molecular flexibility index (Phi) is 1.84. The van der Waals surface area contributed by atoms with Crippen molar-refractivity contribution in [3.05, 3.63) is 38.5 Å². The van der Waals surface area contributed by atoms with Crippen LogP contribution in [-0.4, -0.2) is 9.97 Å². The molecule has 2 heterocycles. The summed E-state index contributed by atoms with van der Waals surface area (Å²) >= 11 is 2.13. The van der Waals surface area contributed by atoms with E-state index in [1.165, 1.54) is 0 Å². The fraction of sp³-hybridized carbons (Fsp3) is 0. The van der Waals surface area contributed by atoms with Crippen LogP contribution in [0.1, 0.15) is 0 Å². The summed E-state index contributed by atoms with van der Waals surface area (Å²) < 4.78 is 0.969. The predicted molar refractivity (Wildman–Crippen MR) is 55.1 cm³/mol. The molecule has 3 nitrogen and oxygen atoms in total. The van der Waals surface area contributed by atoms with E-state index in [2.05, 4.69) is 32.6 Å². The van der Waals surface area contributed by atoms with Gasteiger partial charge in [0, 0.05) is 16.0 Å². The first kappa shape index (κ1) is 7.72. The number of hydrogen-bond acceptors (Lipinski definition) is 2. The zero-order valence-electron chi connectivity index (χ0n) is 6.04. The van der Waals surface area contributed by atoms with Gasteiger partial charge in [-0.25, -0.2) is 0 Å². The van der Waals surface area contributed by atoms with E-state index in [1.54, 1.807) is 18.5 Å². The molecule has 0 radical (unpaired) electrons. The molecule has 0 bridgehead atoms. The lowest BCUT2D eigenvalue weighted by molar-refractivity contribution is 1.25. The van der Waals surface area contributed by atoms with Gasteiger partial charge in [0.05, 0.1) is 10.9 Å². The monoisotopic (exact) mass is 272 g/mol. The van der Waals surface area contributed by atoms with Gasteiger partial charge in [-0.2, -0.15) is 0 Å². The summed E-state index contributed by atoms with van der Waals surface area (Å²) in [5, 5.41) is 0.643. The summed E-state index contributed by atoms with van der Waals surface area (Å²) in [5.41, 5.74) is 0.651. The minimum absolute atomic E-state index is 0.0847. The zero-order valence-corrected chi connectivity index (χ0v) is 8.20. The third-order valence-electron chi connectivity index (χ3n) is 1.59. The molecule has 0 spiro atoms. The predicted octanol–water partition coefficient (Wildman–Crippen LogP) is 1.53. The number of aromatic amines is 1. The van der Waals surface area contributed by atoms with E-state index in [9.17, 15) is 4.79 Å². The number of fused-ring (bicyclic) bond motifs is 1. The van der Waals surface area contributed by atoms with Crippen molar-refractivity contribution in [2.45, 2.75) is 0 Å². The van der Waals surface area contributed by atoms with Gasteiger partial charge in [0.15, 0.2) is 0 Å². The van der Waals surface area contributed by atoms with Crippen molar-refractivity contribution in [3.63, 3.8) is 0 Å². The topological polar surface area (TPSA) is 45.8 Å². The van der Waals surface area contributed by atoms with Crippen molar-refractivity contribution in [1.29, 1.82) is 0 Å². The van der Waals surface area contributed by atoms with Crippen molar-refractivity contribution in [1.82, 2.24) is 9.97 Å². The molecule has 0 fully saturated rings. The van der Waals surface area contributed by atoms with Crippen LogP contribution in [0.2, 0.25) is 0 Å². The van der Waals surface area contributed by atoms with Crippen molar-refractivity contribution in [2.75, 3.05) is 0 Å². The van der Waals surface area contributed by atoms with Crippen molar-refractivity contribution >= 4 is 33.5 Å². The van der Waals surface area contributed by atoms with E-state index in [4.69, 9.17) is 0 Å². The highest BCUT2D eigenvalue weighted by Gasteiger charge is 1.98. The average molecular weight is 272 g/mol. The number of pyridine rings is 2. The van der Waals surface area contributed by atoms with E-state index >= 15 is 0 Å². The number of rotatable bonds is 0. The van der Waals surface area contributed by atoms with Gasteiger partial charge in [0.25, 0.3) is 5.56 Å². The van der Waals surface area contributed by atoms with E-state index in [0.29, 0.717) is 5.39 Å². The SMILES string of the molecule is O=c1[nH]ccc2ncc(I)cc12. The minimum Gasteiger partial charge on any atom is -0.328 e. The molecule has 2 aromatic heterocycles. The zero-order chi connectivity index (χ0) is 8.55. The molecule has 4 heteroatoms.